The first kappa shape index (κ1) is 21.3. The molecule has 0 saturated carbocycles. The van der Waals surface area contributed by atoms with Crippen LogP contribution in [-0.4, -0.2) is 32.7 Å². The molecule has 2 aromatic carbocycles. The zero-order valence-corrected chi connectivity index (χ0v) is 16.7. The second-order valence-electron chi connectivity index (χ2n) is 5.89. The summed E-state index contributed by atoms with van der Waals surface area (Å²) in [5, 5.41) is 3.33. The highest BCUT2D eigenvalue weighted by Crippen LogP contribution is 2.29. The van der Waals surface area contributed by atoms with E-state index in [4.69, 9.17) is 25.8 Å². The van der Waals surface area contributed by atoms with Crippen molar-refractivity contribution in [2.75, 3.05) is 20.8 Å². The van der Waals surface area contributed by atoms with E-state index < -0.39 is 18.5 Å². The summed E-state index contributed by atoms with van der Waals surface area (Å²) in [6.07, 6.45) is 2.81. The van der Waals surface area contributed by atoms with Crippen molar-refractivity contribution in [3.05, 3.63) is 64.7 Å². The molecule has 1 amide bonds. The zero-order chi connectivity index (χ0) is 20.5. The molecule has 0 spiro atoms. The Morgan fingerprint density at radius 2 is 1.93 bits per heavy atom. The van der Waals surface area contributed by atoms with Crippen LogP contribution in [0.15, 0.2) is 48.5 Å². The van der Waals surface area contributed by atoms with E-state index in [1.807, 2.05) is 0 Å². The van der Waals surface area contributed by atoms with Crippen molar-refractivity contribution in [3.8, 4) is 11.5 Å². The molecule has 0 saturated heterocycles. The smallest absolute Gasteiger partial charge is 0.331 e. The molecule has 0 aliphatic heterocycles. The van der Waals surface area contributed by atoms with Crippen molar-refractivity contribution in [2.24, 2.45) is 0 Å². The summed E-state index contributed by atoms with van der Waals surface area (Å²) in [5.74, 6) is 0.216. The molecule has 28 heavy (non-hydrogen) atoms. The van der Waals surface area contributed by atoms with Crippen LogP contribution in [0.2, 0.25) is 5.02 Å². The number of halogens is 1. The van der Waals surface area contributed by atoms with E-state index in [0.29, 0.717) is 16.5 Å². The van der Waals surface area contributed by atoms with Crippen LogP contribution in [0, 0.1) is 0 Å². The van der Waals surface area contributed by atoms with Crippen molar-refractivity contribution < 1.29 is 23.8 Å². The lowest BCUT2D eigenvalue weighted by Crippen LogP contribution is -2.31. The Morgan fingerprint density at radius 3 is 2.61 bits per heavy atom. The van der Waals surface area contributed by atoms with Crippen LogP contribution in [0.25, 0.3) is 6.08 Å². The number of esters is 1. The molecule has 2 rings (SSSR count). The van der Waals surface area contributed by atoms with E-state index in [2.05, 4.69) is 5.32 Å². The van der Waals surface area contributed by atoms with Crippen molar-refractivity contribution in [2.45, 2.75) is 13.0 Å². The molecular weight excluding hydrogens is 382 g/mol. The number of rotatable bonds is 8. The third-order valence-electron chi connectivity index (χ3n) is 3.89. The van der Waals surface area contributed by atoms with Gasteiger partial charge in [-0.1, -0.05) is 23.7 Å². The van der Waals surface area contributed by atoms with Crippen LogP contribution in [0.4, 0.5) is 0 Å². The van der Waals surface area contributed by atoms with Gasteiger partial charge in [0.2, 0.25) is 0 Å². The standard InChI is InChI=1S/C21H22ClNO5/c1-14(18-12-17(26-2)8-9-19(18)27-3)23-20(24)13-28-21(25)10-7-15-5-4-6-16(22)11-15/h4-12,14H,13H2,1-3H3,(H,23,24)/b10-7+/t14-/m1/s1. The van der Waals surface area contributed by atoms with Crippen molar-refractivity contribution in [1.82, 2.24) is 5.32 Å². The summed E-state index contributed by atoms with van der Waals surface area (Å²) in [4.78, 5) is 23.9. The summed E-state index contributed by atoms with van der Waals surface area (Å²) in [6, 6.07) is 12.0. The van der Waals surface area contributed by atoms with Gasteiger partial charge in [-0.15, -0.1) is 0 Å². The van der Waals surface area contributed by atoms with Gasteiger partial charge in [0, 0.05) is 16.7 Å². The Hall–Kier alpha value is -2.99. The fourth-order valence-corrected chi connectivity index (χ4v) is 2.70. The number of benzene rings is 2. The molecule has 0 fully saturated rings. The molecule has 7 heteroatoms. The molecule has 6 nitrogen and oxygen atoms in total. The number of nitrogens with one attached hydrogen (secondary N) is 1. The van der Waals surface area contributed by atoms with E-state index in [1.165, 1.54) is 6.08 Å². The number of carbonyl (C=O) groups excluding carboxylic acids is 2. The predicted octanol–water partition coefficient (Wildman–Crippen LogP) is 3.79. The van der Waals surface area contributed by atoms with Gasteiger partial charge in [-0.25, -0.2) is 4.79 Å². The lowest BCUT2D eigenvalue weighted by atomic mass is 10.1. The van der Waals surface area contributed by atoms with E-state index in [9.17, 15) is 9.59 Å². The topological polar surface area (TPSA) is 73.9 Å². The van der Waals surface area contributed by atoms with Gasteiger partial charge in [0.05, 0.1) is 20.3 Å². The third kappa shape index (κ3) is 6.32. The highest BCUT2D eigenvalue weighted by atomic mass is 35.5. The average Bonchev–Trinajstić information content (AvgIpc) is 2.70. The Morgan fingerprint density at radius 1 is 1.14 bits per heavy atom. The lowest BCUT2D eigenvalue weighted by Gasteiger charge is -2.18. The number of hydrogen-bond acceptors (Lipinski definition) is 5. The molecule has 0 bridgehead atoms. The molecule has 0 radical (unpaired) electrons. The minimum Gasteiger partial charge on any atom is -0.497 e. The van der Waals surface area contributed by atoms with Crippen LogP contribution < -0.4 is 14.8 Å². The minimum absolute atomic E-state index is 0.363. The Balaban J connectivity index is 1.89. The zero-order valence-electron chi connectivity index (χ0n) is 15.9. The Kier molecular flexibility index (Phi) is 7.89. The second kappa shape index (κ2) is 10.4. The molecule has 0 aliphatic carbocycles. The lowest BCUT2D eigenvalue weighted by molar-refractivity contribution is -0.144. The number of amides is 1. The largest absolute Gasteiger partial charge is 0.497 e. The summed E-state index contributed by atoms with van der Waals surface area (Å²) in [6.45, 7) is 1.41. The van der Waals surface area contributed by atoms with E-state index in [1.54, 1.807) is 69.7 Å². The van der Waals surface area contributed by atoms with Gasteiger partial charge in [0.15, 0.2) is 6.61 Å². The molecular formula is C21H22ClNO5. The van der Waals surface area contributed by atoms with Crippen LogP contribution in [0.3, 0.4) is 0 Å². The van der Waals surface area contributed by atoms with Gasteiger partial charge in [-0.05, 0) is 48.9 Å². The van der Waals surface area contributed by atoms with Crippen LogP contribution >= 0.6 is 11.6 Å². The SMILES string of the molecule is COc1ccc(OC)c([C@@H](C)NC(=O)COC(=O)/C=C/c2cccc(Cl)c2)c1. The summed E-state index contributed by atoms with van der Waals surface area (Å²) >= 11 is 5.88. The average molecular weight is 404 g/mol. The van der Waals surface area contributed by atoms with Gasteiger partial charge in [-0.2, -0.15) is 0 Å². The normalized spacial score (nSPS) is 11.7. The first-order chi connectivity index (χ1) is 13.4. The molecule has 0 unspecified atom stereocenters. The van der Waals surface area contributed by atoms with Crippen LogP contribution in [0.5, 0.6) is 11.5 Å². The minimum atomic E-state index is -0.623. The number of hydrogen-bond donors (Lipinski definition) is 1. The predicted molar refractivity (Wildman–Crippen MR) is 108 cm³/mol. The van der Waals surface area contributed by atoms with Gasteiger partial charge in [-0.3, -0.25) is 4.79 Å². The quantitative estimate of drug-likeness (QED) is 0.536. The van der Waals surface area contributed by atoms with Gasteiger partial charge < -0.3 is 19.5 Å². The second-order valence-corrected chi connectivity index (χ2v) is 6.33. The van der Waals surface area contributed by atoms with Gasteiger partial charge in [0.25, 0.3) is 5.91 Å². The number of methoxy groups -OCH3 is 2. The summed E-state index contributed by atoms with van der Waals surface area (Å²) in [5.41, 5.74) is 1.51. The van der Waals surface area contributed by atoms with Crippen molar-refractivity contribution >= 4 is 29.6 Å². The van der Waals surface area contributed by atoms with Gasteiger partial charge in [0.1, 0.15) is 11.5 Å². The molecule has 1 atom stereocenters. The van der Waals surface area contributed by atoms with Gasteiger partial charge >= 0.3 is 5.97 Å². The van der Waals surface area contributed by atoms with E-state index in [-0.39, 0.29) is 6.04 Å². The van der Waals surface area contributed by atoms with Crippen LogP contribution in [-0.2, 0) is 14.3 Å². The molecule has 0 aliphatic rings. The first-order valence-corrected chi connectivity index (χ1v) is 8.92. The Labute approximate surface area is 169 Å². The molecule has 1 N–H and O–H groups in total. The summed E-state index contributed by atoms with van der Waals surface area (Å²) < 4.78 is 15.5. The maximum atomic E-state index is 12.1. The molecule has 0 heterocycles. The molecule has 0 aromatic heterocycles. The molecule has 148 valence electrons. The molecule has 2 aromatic rings. The monoisotopic (exact) mass is 403 g/mol. The van der Waals surface area contributed by atoms with Crippen LogP contribution in [0.1, 0.15) is 24.1 Å². The fourth-order valence-electron chi connectivity index (χ4n) is 2.50. The van der Waals surface area contributed by atoms with Crippen molar-refractivity contribution in [3.63, 3.8) is 0 Å². The number of carbonyl (C=O) groups is 2. The number of ether oxygens (including phenoxy) is 3. The highest BCUT2D eigenvalue weighted by molar-refractivity contribution is 6.30. The maximum absolute atomic E-state index is 12.1. The third-order valence-corrected chi connectivity index (χ3v) is 4.12. The first-order valence-electron chi connectivity index (χ1n) is 8.54. The highest BCUT2D eigenvalue weighted by Gasteiger charge is 2.16. The fraction of sp³-hybridized carbons (Fsp3) is 0.238. The van der Waals surface area contributed by atoms with E-state index >= 15 is 0 Å². The van der Waals surface area contributed by atoms with E-state index in [0.717, 1.165) is 11.1 Å². The Bertz CT molecular complexity index is 866. The van der Waals surface area contributed by atoms with Crippen molar-refractivity contribution in [1.29, 1.82) is 0 Å². The maximum Gasteiger partial charge on any atom is 0.331 e. The summed E-state index contributed by atoms with van der Waals surface area (Å²) in [7, 11) is 3.11.